The number of nitrogens with zero attached hydrogens (tertiary/aromatic N) is 3. The summed E-state index contributed by atoms with van der Waals surface area (Å²) in [6, 6.07) is 7.84. The molecule has 1 fully saturated rings. The Morgan fingerprint density at radius 1 is 1.05 bits per heavy atom. The van der Waals surface area contributed by atoms with Crippen LogP contribution in [0.3, 0.4) is 0 Å². The minimum atomic E-state index is 0.717. The molecule has 5 heteroatoms. The number of hydrogen-bond donors (Lipinski definition) is 1. The van der Waals surface area contributed by atoms with Gasteiger partial charge in [-0.25, -0.2) is 9.97 Å². The molecule has 4 nitrogen and oxygen atoms in total. The molecule has 1 N–H and O–H groups in total. The van der Waals surface area contributed by atoms with Crippen LogP contribution >= 0.6 is 11.6 Å². The molecule has 0 radical (unpaired) electrons. The number of benzene rings is 1. The van der Waals surface area contributed by atoms with E-state index in [1.54, 1.807) is 6.33 Å². The molecule has 0 atom stereocenters. The molecule has 116 valence electrons. The average molecular weight is 317 g/mol. The third-order valence-electron chi connectivity index (χ3n) is 4.05. The van der Waals surface area contributed by atoms with E-state index in [-0.39, 0.29) is 0 Å². The first-order valence-electron chi connectivity index (χ1n) is 7.82. The number of aryl methyl sites for hydroxylation is 1. The molecule has 0 bridgehead atoms. The van der Waals surface area contributed by atoms with Crippen molar-refractivity contribution in [2.45, 2.75) is 32.6 Å². The maximum Gasteiger partial charge on any atom is 0.135 e. The number of halogens is 1. The van der Waals surface area contributed by atoms with Crippen molar-refractivity contribution in [1.82, 2.24) is 9.97 Å². The normalized spacial score (nSPS) is 15.5. The zero-order chi connectivity index (χ0) is 15.4. The molecule has 0 spiro atoms. The summed E-state index contributed by atoms with van der Waals surface area (Å²) in [7, 11) is 0. The van der Waals surface area contributed by atoms with Crippen LogP contribution in [0.15, 0.2) is 30.6 Å². The summed E-state index contributed by atoms with van der Waals surface area (Å²) in [4.78, 5) is 11.1. The summed E-state index contributed by atoms with van der Waals surface area (Å²) in [6.07, 6.45) is 6.73. The molecular weight excluding hydrogens is 296 g/mol. The molecule has 0 aliphatic carbocycles. The second-order valence-corrected chi connectivity index (χ2v) is 6.18. The van der Waals surface area contributed by atoms with Crippen molar-refractivity contribution in [2.24, 2.45) is 0 Å². The van der Waals surface area contributed by atoms with E-state index in [4.69, 9.17) is 11.6 Å². The van der Waals surface area contributed by atoms with Gasteiger partial charge in [0.25, 0.3) is 0 Å². The van der Waals surface area contributed by atoms with Crippen LogP contribution in [0.1, 0.15) is 31.2 Å². The molecule has 2 aromatic rings. The van der Waals surface area contributed by atoms with Gasteiger partial charge >= 0.3 is 0 Å². The van der Waals surface area contributed by atoms with E-state index in [1.807, 2.05) is 24.3 Å². The maximum absolute atomic E-state index is 6.07. The van der Waals surface area contributed by atoms with E-state index in [0.717, 1.165) is 41.0 Å². The lowest BCUT2D eigenvalue weighted by Crippen LogP contribution is -2.25. The van der Waals surface area contributed by atoms with Crippen LogP contribution in [0.25, 0.3) is 0 Å². The molecule has 22 heavy (non-hydrogen) atoms. The Balaban J connectivity index is 1.80. The molecule has 2 heterocycles. The van der Waals surface area contributed by atoms with Crippen molar-refractivity contribution < 1.29 is 0 Å². The Labute approximate surface area is 136 Å². The van der Waals surface area contributed by atoms with Crippen molar-refractivity contribution >= 4 is 28.9 Å². The zero-order valence-electron chi connectivity index (χ0n) is 12.8. The average Bonchev–Trinajstić information content (AvgIpc) is 2.80. The number of rotatable bonds is 3. The van der Waals surface area contributed by atoms with Gasteiger partial charge in [-0.1, -0.05) is 30.5 Å². The molecule has 0 unspecified atom stereocenters. The highest BCUT2D eigenvalue weighted by Crippen LogP contribution is 2.25. The minimum absolute atomic E-state index is 0.717. The van der Waals surface area contributed by atoms with Gasteiger partial charge in [0.1, 0.15) is 18.0 Å². The molecule has 3 rings (SSSR count). The van der Waals surface area contributed by atoms with E-state index in [0.29, 0.717) is 0 Å². The number of nitrogens with one attached hydrogen (secondary N) is 1. The van der Waals surface area contributed by atoms with Crippen molar-refractivity contribution in [3.05, 3.63) is 41.2 Å². The van der Waals surface area contributed by atoms with Crippen LogP contribution in [0.5, 0.6) is 0 Å². The lowest BCUT2D eigenvalue weighted by molar-refractivity contribution is 0.726. The van der Waals surface area contributed by atoms with Gasteiger partial charge in [-0.15, -0.1) is 0 Å². The third kappa shape index (κ3) is 3.69. The van der Waals surface area contributed by atoms with Gasteiger partial charge in [0.15, 0.2) is 0 Å². The summed E-state index contributed by atoms with van der Waals surface area (Å²) in [5.74, 6) is 1.80. The Kier molecular flexibility index (Phi) is 4.78. The Morgan fingerprint density at radius 3 is 2.59 bits per heavy atom. The van der Waals surface area contributed by atoms with Crippen molar-refractivity contribution in [1.29, 1.82) is 0 Å². The van der Waals surface area contributed by atoms with Crippen LogP contribution in [0, 0.1) is 6.92 Å². The summed E-state index contributed by atoms with van der Waals surface area (Å²) >= 11 is 6.07. The van der Waals surface area contributed by atoms with E-state index < -0.39 is 0 Å². The standard InChI is InChI=1S/C17H21ClN4/c1-13-6-7-14(18)10-15(13)21-16-11-17(20-12-19-16)22-8-4-2-3-5-9-22/h6-7,10-12H,2-5,8-9H2,1H3,(H,19,20,21). The van der Waals surface area contributed by atoms with Gasteiger partial charge in [-0.05, 0) is 37.5 Å². The summed E-state index contributed by atoms with van der Waals surface area (Å²) in [5.41, 5.74) is 2.12. The highest BCUT2D eigenvalue weighted by molar-refractivity contribution is 6.30. The van der Waals surface area contributed by atoms with Crippen LogP contribution in [0.4, 0.5) is 17.3 Å². The van der Waals surface area contributed by atoms with Crippen LogP contribution in [-0.4, -0.2) is 23.1 Å². The van der Waals surface area contributed by atoms with Gasteiger partial charge < -0.3 is 10.2 Å². The summed E-state index contributed by atoms with van der Waals surface area (Å²) < 4.78 is 0. The van der Waals surface area contributed by atoms with Crippen molar-refractivity contribution in [3.63, 3.8) is 0 Å². The number of hydrogen-bond acceptors (Lipinski definition) is 4. The quantitative estimate of drug-likeness (QED) is 0.901. The largest absolute Gasteiger partial charge is 0.356 e. The topological polar surface area (TPSA) is 41.0 Å². The van der Waals surface area contributed by atoms with E-state index in [9.17, 15) is 0 Å². The Hall–Kier alpha value is -1.81. The molecule has 1 aliphatic heterocycles. The molecule has 0 saturated carbocycles. The van der Waals surface area contributed by atoms with Gasteiger partial charge in [-0.3, -0.25) is 0 Å². The number of anilines is 3. The first kappa shape index (κ1) is 15.1. The first-order valence-corrected chi connectivity index (χ1v) is 8.20. The van der Waals surface area contributed by atoms with Gasteiger partial charge in [0.05, 0.1) is 0 Å². The molecule has 1 saturated heterocycles. The summed E-state index contributed by atoms with van der Waals surface area (Å²) in [5, 5.41) is 4.06. The molecule has 0 amide bonds. The van der Waals surface area contributed by atoms with Crippen molar-refractivity contribution in [3.8, 4) is 0 Å². The fraction of sp³-hybridized carbons (Fsp3) is 0.412. The minimum Gasteiger partial charge on any atom is -0.356 e. The van der Waals surface area contributed by atoms with E-state index in [1.165, 1.54) is 25.7 Å². The SMILES string of the molecule is Cc1ccc(Cl)cc1Nc1cc(N2CCCCCC2)ncn1. The lowest BCUT2D eigenvalue weighted by atomic mass is 10.2. The predicted molar refractivity (Wildman–Crippen MR) is 92.2 cm³/mol. The first-order chi connectivity index (χ1) is 10.7. The van der Waals surface area contributed by atoms with E-state index in [2.05, 4.69) is 27.1 Å². The Morgan fingerprint density at radius 2 is 1.82 bits per heavy atom. The highest BCUT2D eigenvalue weighted by Gasteiger charge is 2.12. The highest BCUT2D eigenvalue weighted by atomic mass is 35.5. The fourth-order valence-electron chi connectivity index (χ4n) is 2.75. The van der Waals surface area contributed by atoms with Crippen LogP contribution < -0.4 is 10.2 Å². The zero-order valence-corrected chi connectivity index (χ0v) is 13.6. The van der Waals surface area contributed by atoms with Crippen LogP contribution in [-0.2, 0) is 0 Å². The second kappa shape index (κ2) is 6.97. The fourth-order valence-corrected chi connectivity index (χ4v) is 2.93. The molecule has 1 aromatic heterocycles. The van der Waals surface area contributed by atoms with Gasteiger partial charge in [0, 0.05) is 29.9 Å². The Bertz CT molecular complexity index is 636. The van der Waals surface area contributed by atoms with Crippen molar-refractivity contribution in [2.75, 3.05) is 23.3 Å². The number of aromatic nitrogens is 2. The van der Waals surface area contributed by atoms with Crippen LogP contribution in [0.2, 0.25) is 5.02 Å². The van der Waals surface area contributed by atoms with Gasteiger partial charge in [-0.2, -0.15) is 0 Å². The molecular formula is C17H21ClN4. The third-order valence-corrected chi connectivity index (χ3v) is 4.28. The van der Waals surface area contributed by atoms with Gasteiger partial charge in [0.2, 0.25) is 0 Å². The summed E-state index contributed by atoms with van der Waals surface area (Å²) in [6.45, 7) is 4.20. The molecule has 1 aliphatic rings. The second-order valence-electron chi connectivity index (χ2n) is 5.75. The monoisotopic (exact) mass is 316 g/mol. The lowest BCUT2D eigenvalue weighted by Gasteiger charge is -2.21. The predicted octanol–water partition coefficient (Wildman–Crippen LogP) is 4.56. The van der Waals surface area contributed by atoms with E-state index >= 15 is 0 Å². The maximum atomic E-state index is 6.07. The smallest absolute Gasteiger partial charge is 0.135 e. The molecule has 1 aromatic carbocycles.